The van der Waals surface area contributed by atoms with Gasteiger partial charge in [0.15, 0.2) is 0 Å². The van der Waals surface area contributed by atoms with Crippen LogP contribution >= 0.6 is 0 Å². The zero-order valence-electron chi connectivity index (χ0n) is 21.7. The molecule has 0 aliphatic heterocycles. The summed E-state index contributed by atoms with van der Waals surface area (Å²) in [7, 11) is 0. The van der Waals surface area contributed by atoms with Crippen LogP contribution in [-0.2, 0) is 24.2 Å². The minimum absolute atomic E-state index is 0. The molecule has 0 N–H and O–H groups in total. The fraction of sp³-hybridized carbons (Fsp3) is 0.0278. The Balaban J connectivity index is 0.000000160. The average molecular weight is 623 g/mol. The van der Waals surface area contributed by atoms with Gasteiger partial charge in [-0.15, -0.1) is 68.7 Å². The van der Waals surface area contributed by atoms with Crippen molar-refractivity contribution in [1.29, 1.82) is 0 Å². The van der Waals surface area contributed by atoms with Gasteiger partial charge in [-0.2, -0.15) is 12.1 Å². The van der Waals surface area contributed by atoms with E-state index in [-0.39, 0.29) is 24.8 Å². The topological polar surface area (TPSA) is 0 Å². The van der Waals surface area contributed by atoms with Crippen LogP contribution in [0.25, 0.3) is 32.3 Å². The van der Waals surface area contributed by atoms with Gasteiger partial charge in [0.2, 0.25) is 0 Å². The summed E-state index contributed by atoms with van der Waals surface area (Å²) in [6, 6.07) is 53.2. The molecule has 0 saturated carbocycles. The van der Waals surface area contributed by atoms with E-state index in [0.717, 1.165) is 0 Å². The smallest absolute Gasteiger partial charge is 0.0771 e. The molecule has 0 fully saturated rings. The van der Waals surface area contributed by atoms with Crippen molar-refractivity contribution in [1.82, 2.24) is 0 Å². The fourth-order valence-corrected chi connectivity index (χ4v) is 5.35. The molecule has 192 valence electrons. The first kappa shape index (κ1) is 30.5. The fourth-order valence-electron chi connectivity index (χ4n) is 4.53. The van der Waals surface area contributed by atoms with Crippen LogP contribution in [0.1, 0.15) is 16.7 Å². The van der Waals surface area contributed by atoms with E-state index in [1.807, 2.05) is 0 Å². The molecule has 0 bridgehead atoms. The zero-order valence-corrected chi connectivity index (χ0v) is 25.7. The second-order valence-electron chi connectivity index (χ2n) is 9.08. The van der Waals surface area contributed by atoms with Gasteiger partial charge in [0.05, 0.1) is 0 Å². The summed E-state index contributed by atoms with van der Waals surface area (Å²) in [5.41, 5.74) is 3.99. The molecule has 7 rings (SSSR count). The van der Waals surface area contributed by atoms with Gasteiger partial charge >= 0.3 is 99.2 Å². The average Bonchev–Trinajstić information content (AvgIpc) is 3.58. The molecule has 3 heteroatoms. The third-order valence-electron chi connectivity index (χ3n) is 6.44. The van der Waals surface area contributed by atoms with Crippen molar-refractivity contribution in [2.45, 2.75) is 6.92 Å². The molecule has 0 heterocycles. The van der Waals surface area contributed by atoms with E-state index in [4.69, 9.17) is 0 Å². The van der Waals surface area contributed by atoms with E-state index < -0.39 is 0 Å². The van der Waals surface area contributed by atoms with E-state index >= 15 is 0 Å². The van der Waals surface area contributed by atoms with Crippen molar-refractivity contribution in [2.75, 3.05) is 0 Å². The summed E-state index contributed by atoms with van der Waals surface area (Å²) in [6.45, 7) is 2.12. The maximum atomic E-state index is 2.24. The number of halogens is 2. The number of benzene rings is 5. The van der Waals surface area contributed by atoms with Crippen LogP contribution in [0.3, 0.4) is 0 Å². The van der Waals surface area contributed by atoms with Crippen LogP contribution in [0, 0.1) is 6.92 Å². The Morgan fingerprint density at radius 1 is 0.538 bits per heavy atom. The first-order valence-corrected chi connectivity index (χ1v) is 13.8. The molecule has 0 unspecified atom stereocenters. The molecule has 7 aromatic rings. The molecule has 0 aliphatic carbocycles. The standard InChI is InChI=1S/C13H9.C13H10.C10H9.2ClH.Zr/c1-3-7-12-10(5-1)9-11-6-2-4-8-13(11)12;1-3-7-12(8-4-1)11-13-9-5-2-6-10-13;1-8-5-6-9-3-2-4-10(9)7-8;;;/h1-9H;1-10H;2-7H,1H3;2*1H;/q-1;;-1;;;+2/p-2. The van der Waals surface area contributed by atoms with Crippen molar-refractivity contribution in [2.24, 2.45) is 0 Å². The van der Waals surface area contributed by atoms with Gasteiger partial charge in [0.25, 0.3) is 0 Å². The minimum Gasteiger partial charge on any atom is -0.126 e. The molecule has 0 atom stereocenters. The Kier molecular flexibility index (Phi) is 11.6. The molecular weight excluding hydrogens is 595 g/mol. The van der Waals surface area contributed by atoms with Gasteiger partial charge in [-0.3, -0.25) is 0 Å². The summed E-state index contributed by atoms with van der Waals surface area (Å²) in [5.74, 6) is 0. The van der Waals surface area contributed by atoms with Crippen LogP contribution in [0.15, 0.2) is 152 Å². The quantitative estimate of drug-likeness (QED) is 0.260. The van der Waals surface area contributed by atoms with E-state index in [1.165, 1.54) is 76.4 Å². The second kappa shape index (κ2) is 14.9. The van der Waals surface area contributed by atoms with Gasteiger partial charge in [-0.1, -0.05) is 48.0 Å². The number of hydrogen-bond acceptors (Lipinski definition) is 0. The molecule has 0 radical (unpaired) electrons. The Labute approximate surface area is 258 Å². The number of fused-ring (bicyclic) bond motifs is 4. The van der Waals surface area contributed by atoms with Crippen molar-refractivity contribution in [3.63, 3.8) is 0 Å². The zero-order chi connectivity index (χ0) is 25.5. The molecule has 0 spiro atoms. The Morgan fingerprint density at radius 3 is 1.56 bits per heavy atom. The number of aryl methyl sites for hydroxylation is 1. The van der Waals surface area contributed by atoms with Gasteiger partial charge in [0, 0.05) is 0 Å². The van der Waals surface area contributed by atoms with Crippen molar-refractivity contribution in [3.05, 3.63) is 168 Å². The summed E-state index contributed by atoms with van der Waals surface area (Å²) < 4.78 is 1.42. The van der Waals surface area contributed by atoms with Crippen LogP contribution in [0.4, 0.5) is 0 Å². The van der Waals surface area contributed by atoms with E-state index in [1.54, 1.807) is 0 Å². The van der Waals surface area contributed by atoms with Crippen molar-refractivity contribution >= 4 is 35.5 Å². The van der Waals surface area contributed by atoms with Gasteiger partial charge in [-0.05, 0) is 6.92 Å². The Hall–Kier alpha value is -3.09. The molecular formula is C36H28Cl2Zr-2. The predicted molar refractivity (Wildman–Crippen MR) is 157 cm³/mol. The van der Waals surface area contributed by atoms with Gasteiger partial charge in [-0.25, -0.2) is 0 Å². The summed E-state index contributed by atoms with van der Waals surface area (Å²) in [4.78, 5) is 0. The summed E-state index contributed by atoms with van der Waals surface area (Å²) >= 11 is 1.46. The SMILES string of the molecule is Cc1ccc2cc[cH-]c2c1.[Cl-].[Cl-].[Zr+2]=[C](c1ccccc1)c1ccccc1.c1ccc2c(c1)[cH-]c1ccccc12. The van der Waals surface area contributed by atoms with Gasteiger partial charge in [0.1, 0.15) is 0 Å². The third-order valence-corrected chi connectivity index (χ3v) is 7.86. The molecule has 0 aromatic heterocycles. The van der Waals surface area contributed by atoms with Crippen molar-refractivity contribution < 1.29 is 49.0 Å². The van der Waals surface area contributed by atoms with Crippen LogP contribution in [0.2, 0.25) is 0 Å². The molecule has 0 saturated heterocycles. The van der Waals surface area contributed by atoms with Crippen LogP contribution in [-0.4, -0.2) is 3.21 Å². The monoisotopic (exact) mass is 620 g/mol. The van der Waals surface area contributed by atoms with E-state index in [0.29, 0.717) is 0 Å². The number of rotatable bonds is 2. The molecule has 39 heavy (non-hydrogen) atoms. The molecule has 0 aliphatic rings. The first-order chi connectivity index (χ1) is 18.2. The molecule has 7 aromatic carbocycles. The van der Waals surface area contributed by atoms with E-state index in [2.05, 4.69) is 159 Å². The Bertz CT molecular complexity index is 1650. The number of hydrogen-bond donors (Lipinski definition) is 0. The first-order valence-electron chi connectivity index (χ1n) is 12.5. The maximum absolute atomic E-state index is 2.24. The molecule has 0 amide bonds. The molecule has 0 nitrogen and oxygen atoms in total. The normalized spacial score (nSPS) is 9.92. The summed E-state index contributed by atoms with van der Waals surface area (Å²) in [5, 5.41) is 8.08. The van der Waals surface area contributed by atoms with Crippen molar-refractivity contribution in [3.8, 4) is 0 Å². The van der Waals surface area contributed by atoms with E-state index in [9.17, 15) is 0 Å². The largest absolute Gasteiger partial charge is 0.126 e. The third kappa shape index (κ3) is 7.74. The van der Waals surface area contributed by atoms with Crippen LogP contribution in [0.5, 0.6) is 0 Å². The maximum Gasteiger partial charge on any atom is -0.0771 e. The second-order valence-corrected chi connectivity index (χ2v) is 10.3. The predicted octanol–water partition coefficient (Wildman–Crippen LogP) is 3.39. The minimum atomic E-state index is 0. The Morgan fingerprint density at radius 2 is 1.03 bits per heavy atom. The summed E-state index contributed by atoms with van der Waals surface area (Å²) in [6.07, 6.45) is 0. The van der Waals surface area contributed by atoms with Crippen LogP contribution < -0.4 is 24.8 Å². The van der Waals surface area contributed by atoms with Gasteiger partial charge < -0.3 is 24.8 Å².